The molecule has 0 saturated heterocycles. The standard InChI is InChI=1S/C18H27O4P/c1-13-11-14(2)18(15(3)12-13)17(19)9-10-22-23(20,21-4)16-7-5-6-8-16/h11-12,16H,5-10H2,1-4H3. The van der Waals surface area contributed by atoms with Crippen molar-refractivity contribution in [2.24, 2.45) is 0 Å². The Balaban J connectivity index is 1.98. The van der Waals surface area contributed by atoms with E-state index in [2.05, 4.69) is 0 Å². The van der Waals surface area contributed by atoms with Crippen molar-refractivity contribution in [2.75, 3.05) is 13.7 Å². The van der Waals surface area contributed by atoms with Gasteiger partial charge in [-0.05, 0) is 44.7 Å². The Labute approximate surface area is 139 Å². The molecule has 0 bridgehead atoms. The largest absolute Gasteiger partial charge is 0.333 e. The first-order chi connectivity index (χ1) is 10.9. The van der Waals surface area contributed by atoms with Gasteiger partial charge in [-0.1, -0.05) is 30.5 Å². The molecule has 0 radical (unpaired) electrons. The number of benzene rings is 1. The fourth-order valence-corrected chi connectivity index (χ4v) is 5.50. The molecular formula is C18H27O4P. The zero-order chi connectivity index (χ0) is 17.0. The number of rotatable bonds is 7. The molecule has 0 aromatic heterocycles. The van der Waals surface area contributed by atoms with E-state index in [1.165, 1.54) is 7.11 Å². The second-order valence-corrected chi connectivity index (χ2v) is 8.87. The molecule has 0 aliphatic heterocycles. The van der Waals surface area contributed by atoms with Crippen molar-refractivity contribution in [1.82, 2.24) is 0 Å². The maximum absolute atomic E-state index is 12.7. The van der Waals surface area contributed by atoms with E-state index in [0.717, 1.165) is 47.9 Å². The molecule has 4 nitrogen and oxygen atoms in total. The average Bonchev–Trinajstić information content (AvgIpc) is 3.00. The minimum absolute atomic E-state index is 0.00884. The summed E-state index contributed by atoms with van der Waals surface area (Å²) in [5.74, 6) is 0.0362. The lowest BCUT2D eigenvalue weighted by molar-refractivity contribution is 0.0956. The van der Waals surface area contributed by atoms with E-state index < -0.39 is 7.60 Å². The van der Waals surface area contributed by atoms with Gasteiger partial charge in [0, 0.05) is 19.1 Å². The van der Waals surface area contributed by atoms with E-state index in [4.69, 9.17) is 9.05 Å². The van der Waals surface area contributed by atoms with Gasteiger partial charge in [-0.15, -0.1) is 0 Å². The monoisotopic (exact) mass is 338 g/mol. The van der Waals surface area contributed by atoms with Crippen LogP contribution in [0.25, 0.3) is 0 Å². The summed E-state index contributed by atoms with van der Waals surface area (Å²) in [6, 6.07) is 4.03. The maximum atomic E-state index is 12.7. The van der Waals surface area contributed by atoms with Gasteiger partial charge in [-0.25, -0.2) is 0 Å². The molecule has 0 spiro atoms. The van der Waals surface area contributed by atoms with Crippen molar-refractivity contribution in [3.63, 3.8) is 0 Å². The topological polar surface area (TPSA) is 52.6 Å². The van der Waals surface area contributed by atoms with Gasteiger partial charge in [-0.3, -0.25) is 9.36 Å². The summed E-state index contributed by atoms with van der Waals surface area (Å²) in [5.41, 5.74) is 3.87. The molecule has 1 unspecified atom stereocenters. The molecule has 128 valence electrons. The highest BCUT2D eigenvalue weighted by atomic mass is 31.2. The third-order valence-corrected chi connectivity index (χ3v) is 7.04. The van der Waals surface area contributed by atoms with Gasteiger partial charge in [0.25, 0.3) is 0 Å². The van der Waals surface area contributed by atoms with Crippen molar-refractivity contribution in [3.8, 4) is 0 Å². The average molecular weight is 338 g/mol. The van der Waals surface area contributed by atoms with Crippen LogP contribution in [0.4, 0.5) is 0 Å². The van der Waals surface area contributed by atoms with E-state index in [9.17, 15) is 9.36 Å². The van der Waals surface area contributed by atoms with Gasteiger partial charge < -0.3 is 9.05 Å². The zero-order valence-electron chi connectivity index (χ0n) is 14.6. The van der Waals surface area contributed by atoms with Crippen LogP contribution in [0.2, 0.25) is 0 Å². The Kier molecular flexibility index (Phi) is 6.19. The lowest BCUT2D eigenvalue weighted by Crippen LogP contribution is -2.12. The zero-order valence-corrected chi connectivity index (χ0v) is 15.4. The van der Waals surface area contributed by atoms with Crippen molar-refractivity contribution < 1.29 is 18.4 Å². The number of ketones is 1. The highest BCUT2D eigenvalue weighted by molar-refractivity contribution is 7.54. The highest BCUT2D eigenvalue weighted by Gasteiger charge is 2.37. The predicted molar refractivity (Wildman–Crippen MR) is 92.4 cm³/mol. The van der Waals surface area contributed by atoms with Crippen molar-refractivity contribution in [1.29, 1.82) is 0 Å². The fraction of sp³-hybridized carbons (Fsp3) is 0.611. The molecule has 1 atom stereocenters. The van der Waals surface area contributed by atoms with Crippen LogP contribution in [-0.4, -0.2) is 25.2 Å². The first kappa shape index (κ1) is 18.4. The number of Topliss-reactive ketones (excluding diaryl/α,β-unsaturated/α-hetero) is 1. The fourth-order valence-electron chi connectivity index (χ4n) is 3.54. The molecular weight excluding hydrogens is 311 g/mol. The number of carbonyl (C=O) groups is 1. The van der Waals surface area contributed by atoms with Gasteiger partial charge in [0.05, 0.1) is 12.3 Å². The summed E-state index contributed by atoms with van der Waals surface area (Å²) in [5, 5.41) is 0. The Hall–Kier alpha value is -0.960. The molecule has 1 aromatic rings. The van der Waals surface area contributed by atoms with Crippen LogP contribution in [0, 0.1) is 20.8 Å². The summed E-state index contributed by atoms with van der Waals surface area (Å²) in [6.07, 6.45) is 4.14. The molecule has 1 fully saturated rings. The van der Waals surface area contributed by atoms with E-state index in [1.807, 2.05) is 32.9 Å². The van der Waals surface area contributed by atoms with Crippen molar-refractivity contribution in [2.45, 2.75) is 58.5 Å². The summed E-state index contributed by atoms with van der Waals surface area (Å²) >= 11 is 0. The molecule has 2 rings (SSSR count). The normalized spacial score (nSPS) is 18.1. The van der Waals surface area contributed by atoms with Crippen molar-refractivity contribution in [3.05, 3.63) is 34.4 Å². The smallest absolute Gasteiger partial charge is 0.312 e. The van der Waals surface area contributed by atoms with Gasteiger partial charge in [0.1, 0.15) is 0 Å². The van der Waals surface area contributed by atoms with E-state index in [-0.39, 0.29) is 24.5 Å². The minimum Gasteiger partial charge on any atom is -0.312 e. The maximum Gasteiger partial charge on any atom is 0.333 e. The molecule has 1 aromatic carbocycles. The summed E-state index contributed by atoms with van der Waals surface area (Å²) in [6.45, 7) is 6.07. The highest BCUT2D eigenvalue weighted by Crippen LogP contribution is 2.57. The number of aryl methyl sites for hydroxylation is 3. The van der Waals surface area contributed by atoms with E-state index >= 15 is 0 Å². The molecule has 5 heteroatoms. The number of hydrogen-bond acceptors (Lipinski definition) is 4. The van der Waals surface area contributed by atoms with Gasteiger partial charge in [0.15, 0.2) is 5.78 Å². The van der Waals surface area contributed by atoms with Gasteiger partial charge in [0.2, 0.25) is 0 Å². The quantitative estimate of drug-likeness (QED) is 0.519. The predicted octanol–water partition coefficient (Wildman–Crippen LogP) is 4.98. The molecule has 1 saturated carbocycles. The lowest BCUT2D eigenvalue weighted by Gasteiger charge is -2.22. The van der Waals surface area contributed by atoms with Crippen LogP contribution in [0.5, 0.6) is 0 Å². The van der Waals surface area contributed by atoms with E-state index in [0.29, 0.717) is 0 Å². The summed E-state index contributed by atoms with van der Waals surface area (Å²) in [7, 11) is -1.64. The third-order valence-electron chi connectivity index (χ3n) is 4.58. The first-order valence-corrected chi connectivity index (χ1v) is 9.89. The summed E-state index contributed by atoms with van der Waals surface area (Å²) < 4.78 is 23.5. The van der Waals surface area contributed by atoms with E-state index in [1.54, 1.807) is 0 Å². The number of hydrogen-bond donors (Lipinski definition) is 0. The Morgan fingerprint density at radius 3 is 2.26 bits per heavy atom. The second-order valence-electron chi connectivity index (χ2n) is 6.44. The minimum atomic E-state index is -3.08. The Morgan fingerprint density at radius 2 is 1.74 bits per heavy atom. The second kappa shape index (κ2) is 7.74. The van der Waals surface area contributed by atoms with Crippen LogP contribution < -0.4 is 0 Å². The molecule has 0 N–H and O–H groups in total. The summed E-state index contributed by atoms with van der Waals surface area (Å²) in [4.78, 5) is 12.5. The SMILES string of the molecule is COP(=O)(OCCC(=O)c1c(C)cc(C)cc1C)C1CCCC1. The van der Waals surface area contributed by atoms with Gasteiger partial charge in [-0.2, -0.15) is 0 Å². The molecule has 1 aliphatic carbocycles. The van der Waals surface area contributed by atoms with Crippen molar-refractivity contribution >= 4 is 13.4 Å². The lowest BCUT2D eigenvalue weighted by atomic mass is 9.95. The Morgan fingerprint density at radius 1 is 1.17 bits per heavy atom. The van der Waals surface area contributed by atoms with Crippen LogP contribution in [0.1, 0.15) is 59.2 Å². The van der Waals surface area contributed by atoms with Crippen LogP contribution in [-0.2, 0) is 13.6 Å². The third kappa shape index (κ3) is 4.32. The molecule has 23 heavy (non-hydrogen) atoms. The molecule has 0 amide bonds. The van der Waals surface area contributed by atoms with Crippen LogP contribution in [0.15, 0.2) is 12.1 Å². The Bertz CT molecular complexity index is 594. The van der Waals surface area contributed by atoms with Crippen LogP contribution >= 0.6 is 7.60 Å². The molecule has 1 aliphatic rings. The van der Waals surface area contributed by atoms with Gasteiger partial charge >= 0.3 is 7.60 Å². The van der Waals surface area contributed by atoms with Crippen LogP contribution in [0.3, 0.4) is 0 Å². The number of carbonyl (C=O) groups excluding carboxylic acids is 1. The first-order valence-electron chi connectivity index (χ1n) is 8.28. The molecule has 0 heterocycles.